The molecular weight excluding hydrogens is 931 g/mol. The fraction of sp³-hybridized carbons (Fsp3) is 0.955. The maximum atomic E-state index is 12.8. The van der Waals surface area contributed by atoms with Crippen molar-refractivity contribution in [3.8, 4) is 0 Å². The van der Waals surface area contributed by atoms with E-state index in [1.165, 1.54) is 270 Å². The molecule has 0 heterocycles. The van der Waals surface area contributed by atoms with Crippen LogP contribution >= 0.6 is 0 Å². The van der Waals surface area contributed by atoms with Crippen molar-refractivity contribution < 1.29 is 28.6 Å². The molecule has 9 heteroatoms. The first-order valence-corrected chi connectivity index (χ1v) is 33.8. The van der Waals surface area contributed by atoms with E-state index in [0.717, 1.165) is 70.6 Å². The SMILES string of the molecule is CCCCCCCCCCCCCCCCCCNC(=O)OCCCCCCCC(COC(=O)NCCCCCCCCCCCCCCCCCC)OC(=O)NCCCCCCCCCCCCCCCCCC. The summed E-state index contributed by atoms with van der Waals surface area (Å²) in [5.41, 5.74) is 0. The van der Waals surface area contributed by atoms with Crippen LogP contribution in [0.3, 0.4) is 0 Å². The van der Waals surface area contributed by atoms with Gasteiger partial charge >= 0.3 is 18.3 Å². The topological polar surface area (TPSA) is 115 Å². The van der Waals surface area contributed by atoms with E-state index in [1.54, 1.807) is 0 Å². The number of nitrogens with one attached hydrogen (secondary N) is 3. The van der Waals surface area contributed by atoms with Gasteiger partial charge in [0.2, 0.25) is 0 Å². The van der Waals surface area contributed by atoms with Gasteiger partial charge in [-0.2, -0.15) is 0 Å². The summed E-state index contributed by atoms with van der Waals surface area (Å²) >= 11 is 0. The Kier molecular flexibility index (Phi) is 62.5. The number of unbranched alkanes of at least 4 members (excludes halogenated alkanes) is 49. The lowest BCUT2D eigenvalue weighted by Crippen LogP contribution is -2.34. The molecule has 0 aromatic heterocycles. The molecule has 446 valence electrons. The summed E-state index contributed by atoms with van der Waals surface area (Å²) in [4.78, 5) is 37.7. The fourth-order valence-corrected chi connectivity index (χ4v) is 10.4. The lowest BCUT2D eigenvalue weighted by Gasteiger charge is -2.18. The van der Waals surface area contributed by atoms with Crippen LogP contribution in [0.4, 0.5) is 14.4 Å². The molecule has 0 aromatic carbocycles. The van der Waals surface area contributed by atoms with Gasteiger partial charge in [-0.3, -0.25) is 0 Å². The van der Waals surface area contributed by atoms with Gasteiger partial charge in [0.05, 0.1) is 6.61 Å². The Morgan fingerprint density at radius 2 is 0.493 bits per heavy atom. The standard InChI is InChI=1S/C66H131N3O6/c1-4-7-10-13-16-19-22-25-28-31-34-37-40-43-48-53-58-67-64(70)73-61-56-51-46-47-52-57-63(75-66(72)69-60-55-50-45-42-39-36-33-30-27-24-21-18-15-12-9-6-3)62-74-65(71)68-59-54-49-44-41-38-35-32-29-26-23-20-17-14-11-8-5-2/h63H,4-62H2,1-3H3,(H,67,70)(H,68,71)(H,69,72). The number of carbonyl (C=O) groups is 3. The van der Waals surface area contributed by atoms with Crippen molar-refractivity contribution in [1.82, 2.24) is 16.0 Å². The van der Waals surface area contributed by atoms with Gasteiger partial charge in [-0.15, -0.1) is 0 Å². The fourth-order valence-electron chi connectivity index (χ4n) is 10.4. The molecule has 0 spiro atoms. The van der Waals surface area contributed by atoms with Crippen molar-refractivity contribution in [2.45, 2.75) is 374 Å². The molecule has 0 radical (unpaired) electrons. The zero-order valence-electron chi connectivity index (χ0n) is 50.7. The number of amides is 3. The number of hydrogen-bond donors (Lipinski definition) is 3. The van der Waals surface area contributed by atoms with E-state index in [9.17, 15) is 14.4 Å². The molecule has 0 aliphatic carbocycles. The van der Waals surface area contributed by atoms with E-state index in [0.29, 0.717) is 32.7 Å². The molecule has 0 aliphatic rings. The Hall–Kier alpha value is -2.19. The molecule has 0 aliphatic heterocycles. The van der Waals surface area contributed by atoms with Gasteiger partial charge in [0, 0.05) is 19.6 Å². The minimum Gasteiger partial charge on any atom is -0.450 e. The normalized spacial score (nSPS) is 11.7. The number of carbonyl (C=O) groups excluding carboxylic acids is 3. The molecule has 3 amide bonds. The summed E-state index contributed by atoms with van der Waals surface area (Å²) in [6.45, 7) is 9.23. The van der Waals surface area contributed by atoms with Crippen LogP contribution < -0.4 is 16.0 Å². The highest BCUT2D eigenvalue weighted by molar-refractivity contribution is 5.68. The second kappa shape index (κ2) is 64.3. The van der Waals surface area contributed by atoms with Gasteiger partial charge in [0.15, 0.2) is 0 Å². The smallest absolute Gasteiger partial charge is 0.407 e. The van der Waals surface area contributed by atoms with Gasteiger partial charge in [0.1, 0.15) is 12.7 Å². The van der Waals surface area contributed by atoms with Crippen molar-refractivity contribution in [3.05, 3.63) is 0 Å². The van der Waals surface area contributed by atoms with E-state index in [2.05, 4.69) is 36.7 Å². The first-order chi connectivity index (χ1) is 37.0. The van der Waals surface area contributed by atoms with Crippen LogP contribution in [-0.4, -0.2) is 57.2 Å². The molecule has 75 heavy (non-hydrogen) atoms. The molecule has 3 N–H and O–H groups in total. The second-order valence-corrected chi connectivity index (χ2v) is 23.0. The lowest BCUT2D eigenvalue weighted by molar-refractivity contribution is 0.0388. The average Bonchev–Trinajstić information content (AvgIpc) is 3.41. The number of hydrogen-bond acceptors (Lipinski definition) is 6. The summed E-state index contributed by atoms with van der Waals surface area (Å²) in [6, 6.07) is 0. The zero-order valence-corrected chi connectivity index (χ0v) is 50.7. The molecule has 0 rings (SSSR count). The van der Waals surface area contributed by atoms with Gasteiger partial charge in [-0.1, -0.05) is 329 Å². The van der Waals surface area contributed by atoms with Crippen LogP contribution in [-0.2, 0) is 14.2 Å². The number of rotatable bonds is 62. The summed E-state index contributed by atoms with van der Waals surface area (Å²) in [6.07, 6.45) is 67.3. The Labute approximate surface area is 467 Å². The van der Waals surface area contributed by atoms with E-state index in [4.69, 9.17) is 14.2 Å². The van der Waals surface area contributed by atoms with E-state index in [1.807, 2.05) is 0 Å². The third-order valence-electron chi connectivity index (χ3n) is 15.5. The maximum absolute atomic E-state index is 12.8. The van der Waals surface area contributed by atoms with E-state index in [-0.39, 0.29) is 12.7 Å². The van der Waals surface area contributed by atoms with Gasteiger partial charge in [-0.25, -0.2) is 14.4 Å². The maximum Gasteiger partial charge on any atom is 0.407 e. The van der Waals surface area contributed by atoms with Gasteiger partial charge < -0.3 is 30.2 Å². The lowest BCUT2D eigenvalue weighted by atomic mass is 10.0. The molecule has 1 unspecified atom stereocenters. The Morgan fingerprint density at radius 1 is 0.267 bits per heavy atom. The molecule has 1 atom stereocenters. The summed E-state index contributed by atoms with van der Waals surface area (Å²) in [5.74, 6) is 0. The number of ether oxygens (including phenoxy) is 3. The zero-order chi connectivity index (χ0) is 54.3. The highest BCUT2D eigenvalue weighted by Crippen LogP contribution is 2.18. The Bertz CT molecular complexity index is 1140. The monoisotopic (exact) mass is 1060 g/mol. The minimum atomic E-state index is -0.488. The van der Waals surface area contributed by atoms with Crippen molar-refractivity contribution in [2.75, 3.05) is 32.8 Å². The molecule has 0 bridgehead atoms. The van der Waals surface area contributed by atoms with Crippen LogP contribution in [0.2, 0.25) is 0 Å². The first-order valence-electron chi connectivity index (χ1n) is 33.8. The summed E-state index contributed by atoms with van der Waals surface area (Å²) in [7, 11) is 0. The average molecular weight is 1060 g/mol. The third-order valence-corrected chi connectivity index (χ3v) is 15.5. The van der Waals surface area contributed by atoms with Crippen molar-refractivity contribution in [3.63, 3.8) is 0 Å². The molecular formula is C66H131N3O6. The molecule has 0 aromatic rings. The van der Waals surface area contributed by atoms with Crippen LogP contribution in [0.1, 0.15) is 367 Å². The predicted octanol–water partition coefficient (Wildman–Crippen LogP) is 21.7. The molecule has 0 saturated carbocycles. The van der Waals surface area contributed by atoms with E-state index >= 15 is 0 Å². The van der Waals surface area contributed by atoms with Crippen molar-refractivity contribution in [2.24, 2.45) is 0 Å². The summed E-state index contributed by atoms with van der Waals surface area (Å²) in [5, 5.41) is 8.78. The van der Waals surface area contributed by atoms with Gasteiger partial charge in [-0.05, 0) is 38.5 Å². The molecule has 0 saturated heterocycles. The molecule has 9 nitrogen and oxygen atoms in total. The third kappa shape index (κ3) is 62.5. The van der Waals surface area contributed by atoms with Crippen LogP contribution in [0.25, 0.3) is 0 Å². The highest BCUT2D eigenvalue weighted by atomic mass is 16.6. The Balaban J connectivity index is 4.22. The number of alkyl carbamates (subject to hydrolysis) is 3. The van der Waals surface area contributed by atoms with Gasteiger partial charge in [0.25, 0.3) is 0 Å². The second-order valence-electron chi connectivity index (χ2n) is 23.0. The van der Waals surface area contributed by atoms with E-state index < -0.39 is 18.3 Å². The van der Waals surface area contributed by atoms with Crippen LogP contribution in [0, 0.1) is 0 Å². The Morgan fingerprint density at radius 3 is 0.787 bits per heavy atom. The quantitative estimate of drug-likeness (QED) is 0.0413. The van der Waals surface area contributed by atoms with Crippen LogP contribution in [0.5, 0.6) is 0 Å². The predicted molar refractivity (Wildman–Crippen MR) is 323 cm³/mol. The molecule has 0 fully saturated rings. The minimum absolute atomic E-state index is 0.0552. The summed E-state index contributed by atoms with van der Waals surface area (Å²) < 4.78 is 16.8. The van der Waals surface area contributed by atoms with Crippen molar-refractivity contribution >= 4 is 18.3 Å². The largest absolute Gasteiger partial charge is 0.450 e. The highest BCUT2D eigenvalue weighted by Gasteiger charge is 2.17. The van der Waals surface area contributed by atoms with Crippen molar-refractivity contribution in [1.29, 1.82) is 0 Å². The van der Waals surface area contributed by atoms with Crippen LogP contribution in [0.15, 0.2) is 0 Å². The first kappa shape index (κ1) is 72.8.